The van der Waals surface area contributed by atoms with Crippen molar-refractivity contribution < 1.29 is 14.0 Å². The molecule has 0 aliphatic rings. The molecule has 0 bridgehead atoms. The van der Waals surface area contributed by atoms with Gasteiger partial charge in [-0.05, 0) is 48.9 Å². The summed E-state index contributed by atoms with van der Waals surface area (Å²) in [7, 11) is 0. The summed E-state index contributed by atoms with van der Waals surface area (Å²) in [6.07, 6.45) is 1.34. The fourth-order valence-corrected chi connectivity index (χ4v) is 2.50. The van der Waals surface area contributed by atoms with E-state index in [9.17, 15) is 14.0 Å². The van der Waals surface area contributed by atoms with Crippen LogP contribution in [0.4, 0.5) is 15.8 Å². The number of hydrogen-bond donors (Lipinski definition) is 2. The van der Waals surface area contributed by atoms with Crippen LogP contribution in [0.2, 0.25) is 5.02 Å². The van der Waals surface area contributed by atoms with Gasteiger partial charge < -0.3 is 10.6 Å². The zero-order chi connectivity index (χ0) is 19.4. The maximum atomic E-state index is 13.7. The lowest BCUT2D eigenvalue weighted by molar-refractivity contribution is 0.102. The molecule has 0 radical (unpaired) electrons. The Balaban J connectivity index is 1.76. The fourth-order valence-electron chi connectivity index (χ4n) is 2.32. The number of amides is 2. The molecular weight excluding hydrogens is 369 g/mol. The van der Waals surface area contributed by atoms with E-state index in [0.29, 0.717) is 10.7 Å². The van der Waals surface area contributed by atoms with Gasteiger partial charge in [0.2, 0.25) is 0 Å². The summed E-state index contributed by atoms with van der Waals surface area (Å²) in [5, 5.41) is 5.67. The fraction of sp³-hybridized carbons (Fsp3) is 0.0500. The van der Waals surface area contributed by atoms with Crippen molar-refractivity contribution >= 4 is 34.8 Å². The second-order valence-electron chi connectivity index (χ2n) is 5.78. The number of anilines is 2. The Kier molecular flexibility index (Phi) is 5.47. The maximum Gasteiger partial charge on any atom is 0.274 e. The third-order valence-corrected chi connectivity index (χ3v) is 4.21. The van der Waals surface area contributed by atoms with Gasteiger partial charge in [-0.3, -0.25) is 14.6 Å². The van der Waals surface area contributed by atoms with Crippen molar-refractivity contribution in [1.29, 1.82) is 0 Å². The largest absolute Gasteiger partial charge is 0.321 e. The van der Waals surface area contributed by atoms with Crippen LogP contribution in [0.25, 0.3) is 0 Å². The average molecular weight is 384 g/mol. The van der Waals surface area contributed by atoms with Crippen molar-refractivity contribution in [2.24, 2.45) is 0 Å². The van der Waals surface area contributed by atoms with Gasteiger partial charge in [0, 0.05) is 22.5 Å². The molecule has 0 saturated carbocycles. The Hall–Kier alpha value is -3.25. The molecule has 3 aromatic rings. The molecule has 27 heavy (non-hydrogen) atoms. The number of hydrogen-bond acceptors (Lipinski definition) is 3. The van der Waals surface area contributed by atoms with Crippen LogP contribution in [-0.2, 0) is 0 Å². The van der Waals surface area contributed by atoms with Crippen LogP contribution in [0.1, 0.15) is 26.4 Å². The number of nitrogens with one attached hydrogen (secondary N) is 2. The summed E-state index contributed by atoms with van der Waals surface area (Å²) in [6, 6.07) is 13.7. The predicted molar refractivity (Wildman–Crippen MR) is 103 cm³/mol. The van der Waals surface area contributed by atoms with E-state index in [2.05, 4.69) is 15.6 Å². The summed E-state index contributed by atoms with van der Waals surface area (Å²) in [5.41, 5.74) is 1.69. The molecule has 3 rings (SSSR count). The summed E-state index contributed by atoms with van der Waals surface area (Å²) in [5.74, 6) is -1.58. The first-order valence-electron chi connectivity index (χ1n) is 8.03. The molecule has 2 amide bonds. The van der Waals surface area contributed by atoms with Gasteiger partial charge in [-0.2, -0.15) is 0 Å². The lowest BCUT2D eigenvalue weighted by Gasteiger charge is -2.09. The number of rotatable bonds is 4. The molecule has 2 aromatic carbocycles. The maximum absolute atomic E-state index is 13.7. The number of nitrogens with zero attached hydrogens (tertiary/aromatic N) is 1. The molecule has 2 N–H and O–H groups in total. The zero-order valence-electron chi connectivity index (χ0n) is 14.3. The second-order valence-corrected chi connectivity index (χ2v) is 6.19. The van der Waals surface area contributed by atoms with E-state index in [-0.39, 0.29) is 16.9 Å². The highest BCUT2D eigenvalue weighted by molar-refractivity contribution is 6.31. The second kappa shape index (κ2) is 7.97. The van der Waals surface area contributed by atoms with Crippen LogP contribution in [0.3, 0.4) is 0 Å². The van der Waals surface area contributed by atoms with Gasteiger partial charge >= 0.3 is 0 Å². The Morgan fingerprint density at radius 3 is 2.52 bits per heavy atom. The Morgan fingerprint density at radius 2 is 1.78 bits per heavy atom. The topological polar surface area (TPSA) is 71.1 Å². The van der Waals surface area contributed by atoms with E-state index in [4.69, 9.17) is 11.6 Å². The lowest BCUT2D eigenvalue weighted by atomic mass is 10.2. The number of carbonyl (C=O) groups excluding carboxylic acids is 2. The van der Waals surface area contributed by atoms with Crippen LogP contribution < -0.4 is 10.6 Å². The molecule has 0 unspecified atom stereocenters. The van der Waals surface area contributed by atoms with Crippen LogP contribution in [0, 0.1) is 12.7 Å². The number of benzene rings is 2. The number of pyridine rings is 1. The third kappa shape index (κ3) is 4.48. The van der Waals surface area contributed by atoms with Gasteiger partial charge in [0.1, 0.15) is 11.5 Å². The highest BCUT2D eigenvalue weighted by atomic mass is 35.5. The third-order valence-electron chi connectivity index (χ3n) is 3.81. The molecule has 7 heteroatoms. The minimum atomic E-state index is -0.547. The van der Waals surface area contributed by atoms with Gasteiger partial charge in [0.15, 0.2) is 0 Å². The number of para-hydroxylation sites is 1. The van der Waals surface area contributed by atoms with Crippen molar-refractivity contribution in [1.82, 2.24) is 4.98 Å². The van der Waals surface area contributed by atoms with E-state index in [1.165, 1.54) is 36.5 Å². The van der Waals surface area contributed by atoms with E-state index in [1.54, 1.807) is 24.3 Å². The highest BCUT2D eigenvalue weighted by Gasteiger charge is 2.14. The van der Waals surface area contributed by atoms with Crippen LogP contribution in [0.5, 0.6) is 0 Å². The van der Waals surface area contributed by atoms with Crippen molar-refractivity contribution in [2.45, 2.75) is 6.92 Å². The Labute approximate surface area is 160 Å². The first-order chi connectivity index (χ1) is 12.9. The molecule has 5 nitrogen and oxygen atoms in total. The molecule has 0 saturated heterocycles. The van der Waals surface area contributed by atoms with Crippen molar-refractivity contribution in [2.75, 3.05) is 10.6 Å². The van der Waals surface area contributed by atoms with Crippen molar-refractivity contribution in [3.63, 3.8) is 0 Å². The van der Waals surface area contributed by atoms with Crippen molar-refractivity contribution in [3.05, 3.63) is 88.5 Å². The number of aromatic nitrogens is 1. The minimum absolute atomic E-state index is 0.0490. The Bertz CT molecular complexity index is 1020. The van der Waals surface area contributed by atoms with Gasteiger partial charge in [-0.25, -0.2) is 4.39 Å². The smallest absolute Gasteiger partial charge is 0.274 e. The van der Waals surface area contributed by atoms with Gasteiger partial charge in [-0.15, -0.1) is 0 Å². The summed E-state index contributed by atoms with van der Waals surface area (Å²) in [6.45, 7) is 1.85. The molecule has 136 valence electrons. The summed E-state index contributed by atoms with van der Waals surface area (Å²) >= 11 is 6.05. The monoisotopic (exact) mass is 383 g/mol. The first-order valence-corrected chi connectivity index (χ1v) is 8.41. The molecule has 0 fully saturated rings. The van der Waals surface area contributed by atoms with Crippen LogP contribution in [0.15, 0.2) is 60.8 Å². The van der Waals surface area contributed by atoms with Crippen LogP contribution in [-0.4, -0.2) is 16.8 Å². The van der Waals surface area contributed by atoms with Crippen LogP contribution >= 0.6 is 11.6 Å². The predicted octanol–water partition coefficient (Wildman–Crippen LogP) is 4.69. The minimum Gasteiger partial charge on any atom is -0.321 e. The lowest BCUT2D eigenvalue weighted by Crippen LogP contribution is -2.17. The standard InChI is InChI=1S/C20H15ClFN3O2/c1-12-6-7-14(11-15(12)21)24-20(27)18-10-13(8-9-23-18)19(26)25-17-5-3-2-4-16(17)22/h2-11H,1H3,(H,24,27)(H,25,26). The molecule has 0 aliphatic heterocycles. The van der Waals surface area contributed by atoms with E-state index >= 15 is 0 Å². The molecular formula is C20H15ClFN3O2. The van der Waals surface area contributed by atoms with E-state index in [1.807, 2.05) is 6.92 Å². The summed E-state index contributed by atoms with van der Waals surface area (Å²) in [4.78, 5) is 28.7. The molecule has 0 atom stereocenters. The highest BCUT2D eigenvalue weighted by Crippen LogP contribution is 2.20. The normalized spacial score (nSPS) is 10.3. The van der Waals surface area contributed by atoms with Gasteiger partial charge in [0.05, 0.1) is 5.69 Å². The molecule has 0 spiro atoms. The van der Waals surface area contributed by atoms with E-state index in [0.717, 1.165) is 5.56 Å². The van der Waals surface area contributed by atoms with E-state index < -0.39 is 17.6 Å². The number of halogens is 2. The first kappa shape index (κ1) is 18.5. The molecule has 1 aromatic heterocycles. The van der Waals surface area contributed by atoms with Crippen molar-refractivity contribution in [3.8, 4) is 0 Å². The van der Waals surface area contributed by atoms with Gasteiger partial charge in [-0.1, -0.05) is 29.8 Å². The zero-order valence-corrected chi connectivity index (χ0v) is 15.0. The average Bonchev–Trinajstić information content (AvgIpc) is 2.66. The molecule has 1 heterocycles. The summed E-state index contributed by atoms with van der Waals surface area (Å²) < 4.78 is 13.7. The van der Waals surface area contributed by atoms with Gasteiger partial charge in [0.25, 0.3) is 11.8 Å². The number of aryl methyl sites for hydroxylation is 1. The number of carbonyl (C=O) groups is 2. The molecule has 0 aliphatic carbocycles. The SMILES string of the molecule is Cc1ccc(NC(=O)c2cc(C(=O)Nc3ccccc3F)ccn2)cc1Cl. The quantitative estimate of drug-likeness (QED) is 0.686. The Morgan fingerprint density at radius 1 is 1.00 bits per heavy atom.